The quantitative estimate of drug-likeness (QED) is 0.621. The number of nitrogens with one attached hydrogen (secondary N) is 1. The molecule has 27 heavy (non-hydrogen) atoms. The molecule has 1 N–H and O–H groups in total. The van der Waals surface area contributed by atoms with Gasteiger partial charge in [-0.25, -0.2) is 4.98 Å². The average Bonchev–Trinajstić information content (AvgIpc) is 3.05. The minimum Gasteiger partial charge on any atom is -0.435 e. The van der Waals surface area contributed by atoms with Crippen LogP contribution in [0.5, 0.6) is 5.75 Å². The van der Waals surface area contributed by atoms with Crippen LogP contribution in [0.3, 0.4) is 0 Å². The molecule has 13 heteroatoms. The summed E-state index contributed by atoms with van der Waals surface area (Å²) < 4.78 is 68.4. The fourth-order valence-electron chi connectivity index (χ4n) is 2.22. The molecule has 1 amide bonds. The van der Waals surface area contributed by atoms with Crippen molar-refractivity contribution in [1.82, 2.24) is 14.8 Å². The third kappa shape index (κ3) is 3.95. The zero-order valence-corrected chi connectivity index (χ0v) is 14.7. The molecule has 0 aliphatic heterocycles. The Kier molecular flexibility index (Phi) is 4.95. The number of nitrogens with zero attached hydrogens (tertiary/aromatic N) is 3. The lowest BCUT2D eigenvalue weighted by Gasteiger charge is -2.03. The highest BCUT2D eigenvalue weighted by molar-refractivity contribution is 7.22. The highest BCUT2D eigenvalue weighted by atomic mass is 35.5. The van der Waals surface area contributed by atoms with Crippen LogP contribution in [0.1, 0.15) is 16.2 Å². The van der Waals surface area contributed by atoms with Gasteiger partial charge in [0.15, 0.2) is 10.8 Å². The maximum Gasteiger partial charge on any atom is 0.436 e. The molecule has 0 saturated carbocycles. The minimum absolute atomic E-state index is 0.0371. The van der Waals surface area contributed by atoms with E-state index in [1.807, 2.05) is 0 Å². The Balaban J connectivity index is 1.87. The van der Waals surface area contributed by atoms with Crippen LogP contribution < -0.4 is 10.1 Å². The molecule has 2 heterocycles. The van der Waals surface area contributed by atoms with Gasteiger partial charge in [-0.1, -0.05) is 22.9 Å². The van der Waals surface area contributed by atoms with Gasteiger partial charge in [-0.15, -0.1) is 0 Å². The molecule has 0 spiro atoms. The molecular weight excluding hydrogens is 419 g/mol. The molecule has 0 bridgehead atoms. The van der Waals surface area contributed by atoms with Crippen molar-refractivity contribution in [2.24, 2.45) is 7.05 Å². The first-order valence-corrected chi connectivity index (χ1v) is 8.22. The third-order valence-corrected chi connectivity index (χ3v) is 4.57. The van der Waals surface area contributed by atoms with E-state index >= 15 is 0 Å². The van der Waals surface area contributed by atoms with E-state index < -0.39 is 35.1 Å². The van der Waals surface area contributed by atoms with Crippen molar-refractivity contribution in [3.63, 3.8) is 0 Å². The molecule has 144 valence electrons. The maximum absolute atomic E-state index is 12.8. The summed E-state index contributed by atoms with van der Waals surface area (Å²) in [5, 5.41) is 4.74. The standard InChI is InChI=1S/C14H8ClF5N4O2S/c1-24-9(8(15)10(23-24)14(18,19)20)11(25)22-13-21-6-3-2-5(26-12(16)17)4-7(6)27-13/h2-4,12H,1H3,(H,21,22,25). The number of aromatic nitrogens is 3. The number of carbonyl (C=O) groups is 1. The molecule has 0 aliphatic carbocycles. The Morgan fingerprint density at radius 2 is 2.07 bits per heavy atom. The molecule has 3 aromatic rings. The fourth-order valence-corrected chi connectivity index (χ4v) is 3.46. The summed E-state index contributed by atoms with van der Waals surface area (Å²) in [6.45, 7) is -3.00. The largest absolute Gasteiger partial charge is 0.436 e. The van der Waals surface area contributed by atoms with E-state index in [9.17, 15) is 26.7 Å². The number of carbonyl (C=O) groups excluding carboxylic acids is 1. The molecule has 2 aromatic heterocycles. The fraction of sp³-hybridized carbons (Fsp3) is 0.214. The lowest BCUT2D eigenvalue weighted by molar-refractivity contribution is -0.141. The number of hydrogen-bond acceptors (Lipinski definition) is 5. The van der Waals surface area contributed by atoms with Gasteiger partial charge in [0.05, 0.1) is 10.2 Å². The van der Waals surface area contributed by atoms with Crippen LogP contribution in [0.4, 0.5) is 27.1 Å². The van der Waals surface area contributed by atoms with Gasteiger partial charge in [0.2, 0.25) is 0 Å². The van der Waals surface area contributed by atoms with Crippen LogP contribution in [0, 0.1) is 0 Å². The first-order valence-electron chi connectivity index (χ1n) is 7.02. The van der Waals surface area contributed by atoms with Crippen LogP contribution >= 0.6 is 22.9 Å². The highest BCUT2D eigenvalue weighted by Gasteiger charge is 2.39. The number of halogens is 6. The average molecular weight is 427 g/mol. The summed E-state index contributed by atoms with van der Waals surface area (Å²) in [4.78, 5) is 16.4. The van der Waals surface area contributed by atoms with E-state index in [1.165, 1.54) is 18.2 Å². The third-order valence-electron chi connectivity index (χ3n) is 3.28. The van der Waals surface area contributed by atoms with Gasteiger partial charge >= 0.3 is 12.8 Å². The van der Waals surface area contributed by atoms with E-state index in [2.05, 4.69) is 20.1 Å². The summed E-state index contributed by atoms with van der Waals surface area (Å²) in [5.41, 5.74) is -1.50. The summed E-state index contributed by atoms with van der Waals surface area (Å²) in [6, 6.07) is 3.97. The Hall–Kier alpha value is -2.47. The van der Waals surface area contributed by atoms with Crippen molar-refractivity contribution in [3.05, 3.63) is 34.6 Å². The van der Waals surface area contributed by atoms with Gasteiger partial charge in [0.25, 0.3) is 5.91 Å². The first-order chi connectivity index (χ1) is 12.6. The molecule has 1 aromatic carbocycles. The molecule has 0 radical (unpaired) electrons. The van der Waals surface area contributed by atoms with Gasteiger partial charge in [-0.05, 0) is 18.2 Å². The van der Waals surface area contributed by atoms with Crippen LogP contribution in [0.2, 0.25) is 5.02 Å². The predicted octanol–water partition coefficient (Wildman–Crippen LogP) is 4.56. The molecule has 0 fully saturated rings. The number of amides is 1. The molecule has 0 unspecified atom stereocenters. The molecule has 0 saturated heterocycles. The number of benzene rings is 1. The van der Waals surface area contributed by atoms with Crippen LogP contribution in [-0.4, -0.2) is 27.3 Å². The number of thiazole rings is 1. The lowest BCUT2D eigenvalue weighted by Crippen LogP contribution is -2.16. The van der Waals surface area contributed by atoms with Crippen molar-refractivity contribution >= 4 is 44.2 Å². The number of ether oxygens (including phenoxy) is 1. The smallest absolute Gasteiger partial charge is 0.435 e. The summed E-state index contributed by atoms with van der Waals surface area (Å²) in [5.74, 6) is -1.04. The van der Waals surface area contributed by atoms with Crippen molar-refractivity contribution in [2.45, 2.75) is 12.8 Å². The Morgan fingerprint density at radius 3 is 2.67 bits per heavy atom. The van der Waals surface area contributed by atoms with Crippen LogP contribution in [0.25, 0.3) is 10.2 Å². The van der Waals surface area contributed by atoms with E-state index in [0.717, 1.165) is 18.4 Å². The van der Waals surface area contributed by atoms with E-state index in [4.69, 9.17) is 11.6 Å². The second-order valence-electron chi connectivity index (χ2n) is 5.11. The monoisotopic (exact) mass is 426 g/mol. The normalized spacial score (nSPS) is 12.0. The van der Waals surface area contributed by atoms with Crippen LogP contribution in [0.15, 0.2) is 18.2 Å². The summed E-state index contributed by atoms with van der Waals surface area (Å²) >= 11 is 6.58. The highest BCUT2D eigenvalue weighted by Crippen LogP contribution is 2.36. The predicted molar refractivity (Wildman–Crippen MR) is 87.4 cm³/mol. The van der Waals surface area contributed by atoms with Crippen molar-refractivity contribution in [1.29, 1.82) is 0 Å². The Labute approximate surface area is 156 Å². The molecular formula is C14H8ClF5N4O2S. The Morgan fingerprint density at radius 1 is 1.37 bits per heavy atom. The molecule has 6 nitrogen and oxygen atoms in total. The van der Waals surface area contributed by atoms with Gasteiger partial charge in [0.1, 0.15) is 16.5 Å². The number of hydrogen-bond donors (Lipinski definition) is 1. The van der Waals surface area contributed by atoms with Crippen molar-refractivity contribution in [3.8, 4) is 5.75 Å². The second-order valence-corrected chi connectivity index (χ2v) is 6.52. The number of anilines is 1. The summed E-state index contributed by atoms with van der Waals surface area (Å²) in [7, 11) is 1.14. The van der Waals surface area contributed by atoms with Crippen molar-refractivity contribution in [2.75, 3.05) is 5.32 Å². The topological polar surface area (TPSA) is 69.0 Å². The zero-order valence-electron chi connectivity index (χ0n) is 13.1. The van der Waals surface area contributed by atoms with Gasteiger partial charge in [-0.3, -0.25) is 14.8 Å². The minimum atomic E-state index is -4.82. The Bertz CT molecular complexity index is 1020. The van der Waals surface area contributed by atoms with E-state index in [1.54, 1.807) is 0 Å². The van der Waals surface area contributed by atoms with E-state index in [-0.39, 0.29) is 10.9 Å². The molecule has 3 rings (SSSR count). The second kappa shape index (κ2) is 6.93. The van der Waals surface area contributed by atoms with Crippen molar-refractivity contribution < 1.29 is 31.5 Å². The maximum atomic E-state index is 12.8. The van der Waals surface area contributed by atoms with Gasteiger partial charge in [0, 0.05) is 7.05 Å². The van der Waals surface area contributed by atoms with Gasteiger partial charge < -0.3 is 4.74 Å². The number of rotatable bonds is 4. The molecule has 0 atom stereocenters. The van der Waals surface area contributed by atoms with E-state index in [0.29, 0.717) is 14.9 Å². The number of alkyl halides is 5. The number of aryl methyl sites for hydroxylation is 1. The first kappa shape index (κ1) is 19.3. The summed E-state index contributed by atoms with van der Waals surface area (Å²) in [6.07, 6.45) is -4.82. The van der Waals surface area contributed by atoms with Crippen LogP contribution in [-0.2, 0) is 13.2 Å². The lowest BCUT2D eigenvalue weighted by atomic mass is 10.3. The SMILES string of the molecule is Cn1nc(C(F)(F)F)c(Cl)c1C(=O)Nc1nc2ccc(OC(F)F)cc2s1. The van der Waals surface area contributed by atoms with Gasteiger partial charge in [-0.2, -0.15) is 27.1 Å². The zero-order chi connectivity index (χ0) is 19.9. The number of fused-ring (bicyclic) bond motifs is 1. The molecule has 0 aliphatic rings.